The molecular formula is C24H33N7O3. The molecule has 2 aromatic rings. The van der Waals surface area contributed by atoms with Gasteiger partial charge in [-0.3, -0.25) is 19.8 Å². The second kappa shape index (κ2) is 11.9. The molecule has 0 radical (unpaired) electrons. The van der Waals surface area contributed by atoms with Crippen molar-refractivity contribution in [3.05, 3.63) is 59.8 Å². The fraction of sp³-hybridized carbons (Fsp3) is 0.375. The van der Waals surface area contributed by atoms with E-state index in [9.17, 15) is 9.59 Å². The molecule has 182 valence electrons. The minimum absolute atomic E-state index is 0.358. The third-order valence-corrected chi connectivity index (χ3v) is 4.84. The van der Waals surface area contributed by atoms with E-state index in [-0.39, 0.29) is 0 Å². The van der Waals surface area contributed by atoms with Gasteiger partial charge in [-0.05, 0) is 40.2 Å². The largest absolute Gasteiger partial charge is 0.443 e. The van der Waals surface area contributed by atoms with E-state index in [1.807, 2.05) is 26.2 Å². The number of allylic oxidation sites excluding steroid dienone is 4. The van der Waals surface area contributed by atoms with Gasteiger partial charge in [0.15, 0.2) is 0 Å². The number of nitrogens with one attached hydrogen (secondary N) is 2. The molecule has 2 rings (SSSR count). The Balaban J connectivity index is 2.14. The van der Waals surface area contributed by atoms with Crippen LogP contribution in [0.5, 0.6) is 5.88 Å². The Morgan fingerprint density at radius 2 is 2.00 bits per heavy atom. The number of nitrogens with zero attached hydrogens (tertiary/aromatic N) is 4. The average molecular weight is 468 g/mol. The molecule has 0 atom stereocenters. The zero-order valence-electron chi connectivity index (χ0n) is 20.5. The maximum Gasteiger partial charge on any atom is 0.325 e. The number of nitrogens with two attached hydrogens (primary N) is 1. The number of imide groups is 1. The number of amides is 3. The lowest BCUT2D eigenvalue weighted by Gasteiger charge is -2.17. The Kier molecular flexibility index (Phi) is 9.26. The fourth-order valence-corrected chi connectivity index (χ4v) is 2.68. The van der Waals surface area contributed by atoms with Crippen LogP contribution in [-0.4, -0.2) is 45.0 Å². The maximum atomic E-state index is 12.0. The summed E-state index contributed by atoms with van der Waals surface area (Å²) in [6.45, 7) is 7.08. The first kappa shape index (κ1) is 26.5. The highest BCUT2D eigenvalue weighted by Gasteiger charge is 2.23. The highest BCUT2D eigenvalue weighted by Crippen LogP contribution is 2.19. The van der Waals surface area contributed by atoms with Gasteiger partial charge < -0.3 is 15.8 Å². The van der Waals surface area contributed by atoms with Crippen LogP contribution < -0.4 is 21.1 Å². The van der Waals surface area contributed by atoms with Gasteiger partial charge in [-0.1, -0.05) is 11.6 Å². The van der Waals surface area contributed by atoms with E-state index < -0.39 is 17.5 Å². The smallest absolute Gasteiger partial charge is 0.325 e. The van der Waals surface area contributed by atoms with Gasteiger partial charge in [0.2, 0.25) is 11.8 Å². The summed E-state index contributed by atoms with van der Waals surface area (Å²) in [6.07, 6.45) is 10.5. The molecule has 0 unspecified atom stereocenters. The van der Waals surface area contributed by atoms with Gasteiger partial charge in [0.1, 0.15) is 5.76 Å². The summed E-state index contributed by atoms with van der Waals surface area (Å²) in [5.74, 6) is 0.453. The molecule has 0 aliphatic heterocycles. The van der Waals surface area contributed by atoms with Gasteiger partial charge in [-0.2, -0.15) is 5.10 Å². The van der Waals surface area contributed by atoms with Crippen LogP contribution in [0, 0.1) is 0 Å². The molecule has 0 aliphatic carbocycles. The van der Waals surface area contributed by atoms with Gasteiger partial charge in [-0.25, -0.2) is 9.78 Å². The summed E-state index contributed by atoms with van der Waals surface area (Å²) in [7, 11) is 3.56. The Bertz CT molecular complexity index is 1090. The molecule has 0 saturated heterocycles. The Morgan fingerprint density at radius 3 is 2.53 bits per heavy atom. The predicted molar refractivity (Wildman–Crippen MR) is 133 cm³/mol. The van der Waals surface area contributed by atoms with Crippen molar-refractivity contribution in [2.75, 3.05) is 12.4 Å². The first-order chi connectivity index (χ1) is 16.0. The number of aryl methyl sites for hydroxylation is 1. The van der Waals surface area contributed by atoms with Crippen molar-refractivity contribution in [1.82, 2.24) is 20.1 Å². The van der Waals surface area contributed by atoms with E-state index >= 15 is 0 Å². The molecule has 0 spiro atoms. The number of carbonyl (C=O) groups excluding carboxylic acids is 2. The maximum absolute atomic E-state index is 12.0. The molecule has 34 heavy (non-hydrogen) atoms. The molecule has 4 N–H and O–H groups in total. The van der Waals surface area contributed by atoms with Crippen molar-refractivity contribution in [3.8, 4) is 5.88 Å². The van der Waals surface area contributed by atoms with Crippen LogP contribution in [-0.2, 0) is 11.8 Å². The van der Waals surface area contributed by atoms with E-state index in [1.54, 1.807) is 30.1 Å². The quantitative estimate of drug-likeness (QED) is 0.294. The monoisotopic (exact) mass is 467 g/mol. The van der Waals surface area contributed by atoms with Gasteiger partial charge in [0.05, 0.1) is 29.3 Å². The van der Waals surface area contributed by atoms with E-state index in [2.05, 4.69) is 38.7 Å². The average Bonchev–Trinajstić information content (AvgIpc) is 3.21. The first-order valence-corrected chi connectivity index (χ1v) is 10.8. The summed E-state index contributed by atoms with van der Waals surface area (Å²) >= 11 is 0. The molecule has 10 heteroatoms. The molecule has 0 fully saturated rings. The molecule has 0 aliphatic rings. The lowest BCUT2D eigenvalue weighted by atomic mass is 10.1. The minimum Gasteiger partial charge on any atom is -0.443 e. The standard InChI is InChI=1S/C24H33N7O3/c1-7-16(2)8-10-19(12-20(26-5)17-13-28-31(6)15-17)34-21-11-9-18(14-27-21)29-23(33)30-22(32)24(3,4)25/h7,9,11-15H,8,10,25H2,1-6H3,(H2,29,30,32,33). The van der Waals surface area contributed by atoms with Gasteiger partial charge in [0, 0.05) is 44.4 Å². The van der Waals surface area contributed by atoms with Crippen molar-refractivity contribution in [2.45, 2.75) is 46.1 Å². The van der Waals surface area contributed by atoms with Crippen LogP contribution in [0.15, 0.2) is 59.2 Å². The number of carbonyl (C=O) groups is 2. The SMILES string of the molecule is CC=C(C)CCC(=CC(=NC)c1cnn(C)c1)Oc1ccc(NC(=O)NC(=O)C(C)(C)N)cn1. The van der Waals surface area contributed by atoms with Gasteiger partial charge >= 0.3 is 6.03 Å². The highest BCUT2D eigenvalue weighted by molar-refractivity contribution is 6.08. The van der Waals surface area contributed by atoms with Crippen LogP contribution in [0.4, 0.5) is 10.5 Å². The van der Waals surface area contributed by atoms with Crippen molar-refractivity contribution in [1.29, 1.82) is 0 Å². The number of aromatic nitrogens is 3. The van der Waals surface area contributed by atoms with Crippen LogP contribution in [0.1, 0.15) is 46.1 Å². The second-order valence-corrected chi connectivity index (χ2v) is 8.37. The van der Waals surface area contributed by atoms with E-state index in [0.717, 1.165) is 17.7 Å². The Labute approximate surface area is 200 Å². The third-order valence-electron chi connectivity index (χ3n) is 4.84. The van der Waals surface area contributed by atoms with Gasteiger partial charge in [-0.15, -0.1) is 0 Å². The Hall–Kier alpha value is -3.79. The number of ether oxygens (including phenoxy) is 1. The molecule has 10 nitrogen and oxygen atoms in total. The minimum atomic E-state index is -1.17. The van der Waals surface area contributed by atoms with Crippen molar-refractivity contribution >= 4 is 23.3 Å². The number of pyridine rings is 1. The van der Waals surface area contributed by atoms with Crippen molar-refractivity contribution in [2.24, 2.45) is 17.8 Å². The summed E-state index contributed by atoms with van der Waals surface area (Å²) in [5, 5.41) is 8.93. The number of hydrogen-bond donors (Lipinski definition) is 3. The molecule has 2 aromatic heterocycles. The summed E-state index contributed by atoms with van der Waals surface area (Å²) in [6, 6.07) is 2.57. The number of urea groups is 1. The van der Waals surface area contributed by atoms with Crippen LogP contribution in [0.3, 0.4) is 0 Å². The molecule has 2 heterocycles. The zero-order valence-corrected chi connectivity index (χ0v) is 20.5. The van der Waals surface area contributed by atoms with Crippen molar-refractivity contribution < 1.29 is 14.3 Å². The third kappa shape index (κ3) is 8.28. The van der Waals surface area contributed by atoms with E-state index in [0.29, 0.717) is 23.7 Å². The molecule has 0 aromatic carbocycles. The number of anilines is 1. The first-order valence-electron chi connectivity index (χ1n) is 10.8. The van der Waals surface area contributed by atoms with E-state index in [4.69, 9.17) is 10.5 Å². The number of rotatable bonds is 9. The predicted octanol–water partition coefficient (Wildman–Crippen LogP) is 3.33. The van der Waals surface area contributed by atoms with Gasteiger partial charge in [0.25, 0.3) is 0 Å². The fourth-order valence-electron chi connectivity index (χ4n) is 2.68. The normalized spacial score (nSPS) is 13.0. The molecule has 0 bridgehead atoms. The lowest BCUT2D eigenvalue weighted by Crippen LogP contribution is -2.51. The summed E-state index contributed by atoms with van der Waals surface area (Å²) in [5.41, 5.74) is 7.76. The number of hydrogen-bond acceptors (Lipinski definition) is 7. The van der Waals surface area contributed by atoms with Crippen LogP contribution >= 0.6 is 0 Å². The lowest BCUT2D eigenvalue weighted by molar-refractivity contribution is -0.124. The van der Waals surface area contributed by atoms with E-state index in [1.165, 1.54) is 25.6 Å². The number of aliphatic imine (C=N–C) groups is 1. The zero-order chi connectivity index (χ0) is 25.3. The topological polar surface area (TPSA) is 137 Å². The molecule has 3 amide bonds. The van der Waals surface area contributed by atoms with Crippen LogP contribution in [0.25, 0.3) is 0 Å². The van der Waals surface area contributed by atoms with Crippen LogP contribution in [0.2, 0.25) is 0 Å². The molecular weight excluding hydrogens is 434 g/mol. The summed E-state index contributed by atoms with van der Waals surface area (Å²) < 4.78 is 7.77. The second-order valence-electron chi connectivity index (χ2n) is 8.37. The highest BCUT2D eigenvalue weighted by atomic mass is 16.5. The molecule has 0 saturated carbocycles. The van der Waals surface area contributed by atoms with Crippen molar-refractivity contribution in [3.63, 3.8) is 0 Å². The summed E-state index contributed by atoms with van der Waals surface area (Å²) in [4.78, 5) is 32.5. The Morgan fingerprint density at radius 1 is 1.26 bits per heavy atom.